The summed E-state index contributed by atoms with van der Waals surface area (Å²) in [6, 6.07) is 0.0524. The Morgan fingerprint density at radius 1 is 0.800 bits per heavy atom. The number of piperazine rings is 1. The van der Waals surface area contributed by atoms with Gasteiger partial charge in [-0.15, -0.1) is 0 Å². The molecule has 0 unspecified atom stereocenters. The first kappa shape index (κ1) is 18.5. The molecule has 1 N–H and O–H groups in total. The number of nitrogens with one attached hydrogen (secondary N) is 1. The Morgan fingerprint density at radius 3 is 2.08 bits per heavy atom. The van der Waals surface area contributed by atoms with Gasteiger partial charge in [0.2, 0.25) is 5.91 Å². The molecule has 3 amide bonds. The van der Waals surface area contributed by atoms with E-state index < -0.39 is 0 Å². The van der Waals surface area contributed by atoms with E-state index in [1.807, 2.05) is 9.80 Å². The van der Waals surface area contributed by atoms with Gasteiger partial charge in [0.05, 0.1) is 0 Å². The van der Waals surface area contributed by atoms with E-state index in [9.17, 15) is 9.59 Å². The minimum Gasteiger partial charge on any atom is -0.339 e. The number of nitrogens with zero attached hydrogens (tertiary/aromatic N) is 2. The van der Waals surface area contributed by atoms with Crippen molar-refractivity contribution in [1.29, 1.82) is 0 Å². The first-order valence-corrected chi connectivity index (χ1v) is 10.6. The molecule has 3 fully saturated rings. The smallest absolute Gasteiger partial charge is 0.317 e. The SMILES string of the molecule is O=C(NCCCC1CCCCC1)N1CCN(C(=O)C2CCCC2)CC1. The third-order valence-electron chi connectivity index (χ3n) is 6.37. The molecule has 5 nitrogen and oxygen atoms in total. The number of amides is 3. The lowest BCUT2D eigenvalue weighted by Gasteiger charge is -2.36. The van der Waals surface area contributed by atoms with E-state index in [4.69, 9.17) is 0 Å². The van der Waals surface area contributed by atoms with E-state index in [0.29, 0.717) is 32.1 Å². The Morgan fingerprint density at radius 2 is 1.40 bits per heavy atom. The number of carbonyl (C=O) groups is 2. The van der Waals surface area contributed by atoms with Gasteiger partial charge in [-0.05, 0) is 31.6 Å². The molecule has 0 aromatic heterocycles. The molecule has 2 aliphatic carbocycles. The molecule has 0 radical (unpaired) electrons. The molecule has 0 atom stereocenters. The van der Waals surface area contributed by atoms with Crippen molar-refractivity contribution in [2.45, 2.75) is 70.6 Å². The minimum atomic E-state index is 0.0524. The average molecular weight is 350 g/mol. The van der Waals surface area contributed by atoms with Gasteiger partial charge < -0.3 is 15.1 Å². The van der Waals surface area contributed by atoms with Crippen LogP contribution in [0.25, 0.3) is 0 Å². The zero-order valence-electron chi connectivity index (χ0n) is 15.7. The van der Waals surface area contributed by atoms with E-state index in [-0.39, 0.29) is 11.9 Å². The highest BCUT2D eigenvalue weighted by Crippen LogP contribution is 2.27. The van der Waals surface area contributed by atoms with Crippen molar-refractivity contribution in [1.82, 2.24) is 15.1 Å². The summed E-state index contributed by atoms with van der Waals surface area (Å²) in [5.41, 5.74) is 0. The number of hydrogen-bond acceptors (Lipinski definition) is 2. The van der Waals surface area contributed by atoms with Crippen molar-refractivity contribution in [3.63, 3.8) is 0 Å². The van der Waals surface area contributed by atoms with Crippen LogP contribution in [0.15, 0.2) is 0 Å². The van der Waals surface area contributed by atoms with Crippen LogP contribution in [0.5, 0.6) is 0 Å². The van der Waals surface area contributed by atoms with E-state index in [2.05, 4.69) is 5.32 Å². The van der Waals surface area contributed by atoms with Crippen LogP contribution < -0.4 is 5.32 Å². The quantitative estimate of drug-likeness (QED) is 0.774. The Labute approximate surface area is 152 Å². The third kappa shape index (κ3) is 5.35. The van der Waals surface area contributed by atoms with Gasteiger partial charge in [0.1, 0.15) is 0 Å². The molecule has 0 aromatic rings. The van der Waals surface area contributed by atoms with E-state index >= 15 is 0 Å². The largest absolute Gasteiger partial charge is 0.339 e. The van der Waals surface area contributed by atoms with Crippen molar-refractivity contribution in [2.75, 3.05) is 32.7 Å². The summed E-state index contributed by atoms with van der Waals surface area (Å²) < 4.78 is 0. The van der Waals surface area contributed by atoms with Gasteiger partial charge in [0.15, 0.2) is 0 Å². The predicted octanol–water partition coefficient (Wildman–Crippen LogP) is 3.39. The van der Waals surface area contributed by atoms with Gasteiger partial charge in [-0.1, -0.05) is 44.9 Å². The van der Waals surface area contributed by atoms with Crippen LogP contribution in [0.1, 0.15) is 70.6 Å². The van der Waals surface area contributed by atoms with Gasteiger partial charge in [-0.25, -0.2) is 4.79 Å². The molecule has 1 aliphatic heterocycles. The van der Waals surface area contributed by atoms with E-state index in [0.717, 1.165) is 31.7 Å². The molecule has 1 saturated heterocycles. The van der Waals surface area contributed by atoms with E-state index in [1.165, 1.54) is 51.4 Å². The van der Waals surface area contributed by atoms with Gasteiger partial charge >= 0.3 is 6.03 Å². The molecule has 25 heavy (non-hydrogen) atoms. The molecule has 1 heterocycles. The number of hydrogen-bond donors (Lipinski definition) is 1. The lowest BCUT2D eigenvalue weighted by molar-refractivity contribution is -0.136. The van der Waals surface area contributed by atoms with Crippen molar-refractivity contribution in [2.24, 2.45) is 11.8 Å². The maximum atomic E-state index is 12.4. The average Bonchev–Trinajstić information content (AvgIpc) is 3.20. The summed E-state index contributed by atoms with van der Waals surface area (Å²) in [5, 5.41) is 3.07. The summed E-state index contributed by atoms with van der Waals surface area (Å²) in [6.07, 6.45) is 13.8. The molecule has 3 rings (SSSR count). The molecule has 2 saturated carbocycles. The number of rotatable bonds is 5. The van der Waals surface area contributed by atoms with Crippen LogP contribution in [0.3, 0.4) is 0 Å². The maximum Gasteiger partial charge on any atom is 0.317 e. The summed E-state index contributed by atoms with van der Waals surface area (Å²) >= 11 is 0. The fraction of sp³-hybridized carbons (Fsp3) is 0.900. The number of urea groups is 1. The Hall–Kier alpha value is -1.26. The highest BCUT2D eigenvalue weighted by Gasteiger charge is 2.30. The van der Waals surface area contributed by atoms with Crippen molar-refractivity contribution >= 4 is 11.9 Å². The predicted molar refractivity (Wildman–Crippen MR) is 99.3 cm³/mol. The summed E-state index contributed by atoms with van der Waals surface area (Å²) in [5.74, 6) is 1.46. The molecular formula is C20H35N3O2. The van der Waals surface area contributed by atoms with Crippen LogP contribution >= 0.6 is 0 Å². The first-order valence-electron chi connectivity index (χ1n) is 10.6. The molecule has 5 heteroatoms. The highest BCUT2D eigenvalue weighted by molar-refractivity contribution is 5.80. The molecule has 0 bridgehead atoms. The second-order valence-corrected chi connectivity index (χ2v) is 8.17. The molecule has 3 aliphatic rings. The lowest BCUT2D eigenvalue weighted by atomic mass is 9.86. The summed E-state index contributed by atoms with van der Waals surface area (Å²) in [6.45, 7) is 3.53. The van der Waals surface area contributed by atoms with Gasteiger partial charge in [-0.3, -0.25) is 4.79 Å². The van der Waals surface area contributed by atoms with Crippen molar-refractivity contribution in [3.05, 3.63) is 0 Å². The normalized spacial score (nSPS) is 23.0. The van der Waals surface area contributed by atoms with E-state index in [1.54, 1.807) is 0 Å². The third-order valence-corrected chi connectivity index (χ3v) is 6.37. The van der Waals surface area contributed by atoms with Gasteiger partial charge in [0, 0.05) is 38.6 Å². The van der Waals surface area contributed by atoms with Crippen LogP contribution in [-0.4, -0.2) is 54.5 Å². The zero-order chi connectivity index (χ0) is 17.5. The standard InChI is InChI=1S/C20H35N3O2/c24-19(18-10-4-5-11-18)22-13-15-23(16-14-22)20(25)21-12-6-9-17-7-2-1-3-8-17/h17-18H,1-16H2,(H,21,25). The van der Waals surface area contributed by atoms with Crippen molar-refractivity contribution in [3.8, 4) is 0 Å². The minimum absolute atomic E-state index is 0.0524. The molecule has 142 valence electrons. The Kier molecular flexibility index (Phi) is 7.00. The van der Waals surface area contributed by atoms with Crippen LogP contribution in [0.2, 0.25) is 0 Å². The van der Waals surface area contributed by atoms with Crippen LogP contribution in [0.4, 0.5) is 4.79 Å². The van der Waals surface area contributed by atoms with Gasteiger partial charge in [-0.2, -0.15) is 0 Å². The lowest BCUT2D eigenvalue weighted by Crippen LogP contribution is -2.54. The second-order valence-electron chi connectivity index (χ2n) is 8.17. The number of carbonyl (C=O) groups excluding carboxylic acids is 2. The molecular weight excluding hydrogens is 314 g/mol. The fourth-order valence-electron chi connectivity index (χ4n) is 4.73. The molecule has 0 aromatic carbocycles. The van der Waals surface area contributed by atoms with Crippen molar-refractivity contribution < 1.29 is 9.59 Å². The summed E-state index contributed by atoms with van der Waals surface area (Å²) in [4.78, 5) is 28.6. The maximum absolute atomic E-state index is 12.4. The fourth-order valence-corrected chi connectivity index (χ4v) is 4.73. The monoisotopic (exact) mass is 349 g/mol. The Balaban J connectivity index is 1.29. The first-order chi connectivity index (χ1) is 12.2. The van der Waals surface area contributed by atoms with Crippen LogP contribution in [-0.2, 0) is 4.79 Å². The second kappa shape index (κ2) is 9.44. The highest BCUT2D eigenvalue weighted by atomic mass is 16.2. The van der Waals surface area contributed by atoms with Crippen LogP contribution in [0, 0.1) is 11.8 Å². The Bertz CT molecular complexity index is 434. The topological polar surface area (TPSA) is 52.7 Å². The zero-order valence-corrected chi connectivity index (χ0v) is 15.7. The summed E-state index contributed by atoms with van der Waals surface area (Å²) in [7, 11) is 0. The van der Waals surface area contributed by atoms with Gasteiger partial charge in [0.25, 0.3) is 0 Å². The molecule has 0 spiro atoms.